The maximum Gasteiger partial charge on any atom is 0.260 e. The van der Waals surface area contributed by atoms with Gasteiger partial charge in [-0.15, -0.1) is 0 Å². The number of hydrogen-bond donors (Lipinski definition) is 3. The summed E-state index contributed by atoms with van der Waals surface area (Å²) in [4.78, 5) is 59.5. The number of carbonyl (C=O) groups is 4. The van der Waals surface area contributed by atoms with E-state index in [1.807, 2.05) is 67.6 Å². The highest BCUT2D eigenvalue weighted by Crippen LogP contribution is 2.64. The Bertz CT molecular complexity index is 2100. The van der Waals surface area contributed by atoms with Crippen molar-refractivity contribution in [1.82, 2.24) is 9.91 Å². The first-order valence-corrected chi connectivity index (χ1v) is 17.6. The van der Waals surface area contributed by atoms with Gasteiger partial charge in [-0.2, -0.15) is 5.01 Å². The number of hydrogen-bond acceptors (Lipinski definition) is 7. The standard InChI is InChI=1S/C41H36ClN3O6/c1-23-7-11-26(12-8-23)43-45-38(49)33-22-32-29(17-18-31-35(32)39(50)44(37(31)48)20-19-24-9-13-27(46)14-10-24)36(30-16-15-28(47)21-34(30)42)41(33,40(45)51)25-5-3-2-4-6-25/h2-17,21,31-33,35-36,43,46-47H,18-20,22H2,1H3. The first-order valence-electron chi connectivity index (χ1n) is 17.2. The molecule has 6 atom stereocenters. The molecule has 0 aromatic heterocycles. The smallest absolute Gasteiger partial charge is 0.260 e. The first-order chi connectivity index (χ1) is 24.6. The molecule has 4 aliphatic rings. The minimum atomic E-state index is -1.45. The number of fused-ring (bicyclic) bond motifs is 4. The van der Waals surface area contributed by atoms with Gasteiger partial charge in [0.05, 0.1) is 28.9 Å². The topological polar surface area (TPSA) is 127 Å². The zero-order chi connectivity index (χ0) is 35.6. The number of aromatic hydroxyl groups is 2. The Kier molecular flexibility index (Phi) is 7.98. The molecule has 9 nitrogen and oxygen atoms in total. The second kappa shape index (κ2) is 12.4. The number of likely N-dealkylation sites (tertiary alicyclic amines) is 1. The van der Waals surface area contributed by atoms with Crippen molar-refractivity contribution in [3.63, 3.8) is 0 Å². The van der Waals surface area contributed by atoms with Crippen LogP contribution in [-0.4, -0.2) is 50.3 Å². The number of phenolic OH excluding ortho intramolecular Hbond substituents is 2. The van der Waals surface area contributed by atoms with E-state index < -0.39 is 46.8 Å². The molecular formula is C41H36ClN3O6. The lowest BCUT2D eigenvalue weighted by Gasteiger charge is -2.50. The van der Waals surface area contributed by atoms with Gasteiger partial charge < -0.3 is 10.2 Å². The number of halogens is 1. The summed E-state index contributed by atoms with van der Waals surface area (Å²) in [7, 11) is 0. The molecule has 2 aliphatic carbocycles. The van der Waals surface area contributed by atoms with Gasteiger partial charge in [0.1, 0.15) is 11.5 Å². The SMILES string of the molecule is Cc1ccc(NN2C(=O)C3CC4C(=CCC5C(=O)N(CCc6ccc(O)cc6)C(=O)C54)C(c4ccc(O)cc4Cl)C3(c3ccccc3)C2=O)cc1. The van der Waals surface area contributed by atoms with E-state index in [-0.39, 0.29) is 41.3 Å². The van der Waals surface area contributed by atoms with Crippen LogP contribution in [0.2, 0.25) is 5.02 Å². The number of nitrogens with one attached hydrogen (secondary N) is 1. The Labute approximate surface area is 300 Å². The van der Waals surface area contributed by atoms with Gasteiger partial charge in [-0.3, -0.25) is 29.5 Å². The van der Waals surface area contributed by atoms with E-state index in [2.05, 4.69) is 5.43 Å². The summed E-state index contributed by atoms with van der Waals surface area (Å²) in [6.07, 6.45) is 2.89. The van der Waals surface area contributed by atoms with Crippen LogP contribution >= 0.6 is 11.6 Å². The Morgan fingerprint density at radius 1 is 0.824 bits per heavy atom. The third-order valence-electron chi connectivity index (χ3n) is 11.3. The lowest BCUT2D eigenvalue weighted by molar-refractivity contribution is -0.141. The van der Waals surface area contributed by atoms with Crippen molar-refractivity contribution in [2.75, 3.05) is 12.0 Å². The molecule has 3 N–H and O–H groups in total. The summed E-state index contributed by atoms with van der Waals surface area (Å²) in [6.45, 7) is 2.14. The van der Waals surface area contributed by atoms with Gasteiger partial charge >= 0.3 is 0 Å². The molecule has 3 fully saturated rings. The number of allylic oxidation sites excluding steroid dienone is 2. The normalized spacial score (nSPS) is 26.9. The van der Waals surface area contributed by atoms with Gasteiger partial charge in [0, 0.05) is 17.5 Å². The van der Waals surface area contributed by atoms with Crippen molar-refractivity contribution in [3.05, 3.63) is 136 Å². The fraction of sp³-hybridized carbons (Fsp3) is 0.268. The molecule has 51 heavy (non-hydrogen) atoms. The average Bonchev–Trinajstić information content (AvgIpc) is 3.50. The summed E-state index contributed by atoms with van der Waals surface area (Å²) in [6, 6.07) is 28.0. The highest BCUT2D eigenvalue weighted by Gasteiger charge is 2.70. The number of aryl methyl sites for hydroxylation is 1. The molecular weight excluding hydrogens is 666 g/mol. The van der Waals surface area contributed by atoms with E-state index in [0.29, 0.717) is 29.7 Å². The molecule has 4 aromatic carbocycles. The van der Waals surface area contributed by atoms with Crippen LogP contribution in [-0.2, 0) is 31.0 Å². The molecule has 0 spiro atoms. The fourth-order valence-electron chi connectivity index (χ4n) is 9.03. The van der Waals surface area contributed by atoms with E-state index in [4.69, 9.17) is 11.6 Å². The Hall–Kier alpha value is -5.41. The van der Waals surface area contributed by atoms with Crippen LogP contribution in [0.25, 0.3) is 0 Å². The zero-order valence-electron chi connectivity index (χ0n) is 27.8. The second-order valence-corrected chi connectivity index (χ2v) is 14.4. The average molecular weight is 702 g/mol. The fourth-order valence-corrected chi connectivity index (χ4v) is 9.31. The highest BCUT2D eigenvalue weighted by molar-refractivity contribution is 6.31. The maximum atomic E-state index is 15.2. The van der Waals surface area contributed by atoms with Gasteiger partial charge in [0.2, 0.25) is 11.8 Å². The van der Waals surface area contributed by atoms with Crippen LogP contribution in [0.4, 0.5) is 5.69 Å². The number of nitrogens with zero attached hydrogens (tertiary/aromatic N) is 2. The monoisotopic (exact) mass is 701 g/mol. The zero-order valence-corrected chi connectivity index (χ0v) is 28.6. The minimum absolute atomic E-state index is 0.0450. The molecule has 4 aromatic rings. The van der Waals surface area contributed by atoms with Crippen LogP contribution in [0.1, 0.15) is 41.0 Å². The second-order valence-electron chi connectivity index (χ2n) is 14.0. The molecule has 0 radical (unpaired) electrons. The molecule has 8 rings (SSSR count). The van der Waals surface area contributed by atoms with Crippen LogP contribution in [0.5, 0.6) is 11.5 Å². The number of hydrazine groups is 1. The van der Waals surface area contributed by atoms with Gasteiger partial charge in [0.15, 0.2) is 0 Å². The molecule has 2 saturated heterocycles. The Morgan fingerprint density at radius 3 is 2.24 bits per heavy atom. The van der Waals surface area contributed by atoms with E-state index in [9.17, 15) is 24.6 Å². The molecule has 4 amide bonds. The lowest BCUT2D eigenvalue weighted by atomic mass is 9.49. The van der Waals surface area contributed by atoms with Crippen LogP contribution in [0.3, 0.4) is 0 Å². The predicted molar refractivity (Wildman–Crippen MR) is 190 cm³/mol. The Balaban J connectivity index is 1.25. The summed E-state index contributed by atoms with van der Waals surface area (Å²) < 4.78 is 0. The van der Waals surface area contributed by atoms with Crippen molar-refractivity contribution < 1.29 is 29.4 Å². The molecule has 2 heterocycles. The molecule has 10 heteroatoms. The largest absolute Gasteiger partial charge is 0.508 e. The number of anilines is 1. The van der Waals surface area contributed by atoms with Gasteiger partial charge in [-0.05, 0) is 85.2 Å². The third kappa shape index (κ3) is 5.13. The quantitative estimate of drug-likeness (QED) is 0.153. The third-order valence-corrected chi connectivity index (χ3v) is 11.7. The van der Waals surface area contributed by atoms with Crippen LogP contribution < -0.4 is 5.43 Å². The molecule has 258 valence electrons. The van der Waals surface area contributed by atoms with E-state index in [1.165, 1.54) is 17.0 Å². The maximum absolute atomic E-state index is 15.2. The molecule has 2 aliphatic heterocycles. The van der Waals surface area contributed by atoms with E-state index in [1.54, 1.807) is 30.3 Å². The first kappa shape index (κ1) is 32.8. The van der Waals surface area contributed by atoms with Crippen molar-refractivity contribution in [2.45, 2.75) is 37.5 Å². The number of amides is 4. The highest BCUT2D eigenvalue weighted by atomic mass is 35.5. The minimum Gasteiger partial charge on any atom is -0.508 e. The van der Waals surface area contributed by atoms with Gasteiger partial charge in [0.25, 0.3) is 11.8 Å². The van der Waals surface area contributed by atoms with E-state index >= 15 is 4.79 Å². The predicted octanol–water partition coefficient (Wildman–Crippen LogP) is 6.29. The summed E-state index contributed by atoms with van der Waals surface area (Å²) in [5.41, 5.74) is 6.11. The van der Waals surface area contributed by atoms with Crippen molar-refractivity contribution in [1.29, 1.82) is 0 Å². The summed E-state index contributed by atoms with van der Waals surface area (Å²) in [5, 5.41) is 21.4. The Morgan fingerprint density at radius 2 is 1.53 bits per heavy atom. The lowest BCUT2D eigenvalue weighted by Crippen LogP contribution is -2.53. The van der Waals surface area contributed by atoms with Crippen LogP contribution in [0.15, 0.2) is 109 Å². The molecule has 0 bridgehead atoms. The molecule has 1 saturated carbocycles. The van der Waals surface area contributed by atoms with Crippen molar-refractivity contribution in [3.8, 4) is 11.5 Å². The molecule has 6 unspecified atom stereocenters. The van der Waals surface area contributed by atoms with Gasteiger partial charge in [-0.1, -0.05) is 89.5 Å². The van der Waals surface area contributed by atoms with Gasteiger partial charge in [-0.25, -0.2) is 0 Å². The number of imide groups is 2. The number of carbonyl (C=O) groups excluding carboxylic acids is 4. The summed E-state index contributed by atoms with van der Waals surface area (Å²) in [5.74, 6) is -4.83. The summed E-state index contributed by atoms with van der Waals surface area (Å²) >= 11 is 6.94. The number of phenols is 2. The van der Waals surface area contributed by atoms with Crippen LogP contribution in [0, 0.1) is 30.6 Å². The number of benzene rings is 4. The van der Waals surface area contributed by atoms with E-state index in [0.717, 1.165) is 21.7 Å². The number of rotatable bonds is 7. The van der Waals surface area contributed by atoms with Crippen molar-refractivity contribution >= 4 is 40.9 Å². The van der Waals surface area contributed by atoms with Crippen molar-refractivity contribution in [2.24, 2.45) is 23.7 Å².